The molecule has 0 saturated carbocycles. The molecule has 100 heavy (non-hydrogen) atoms. The standard InChI is InChI=1S/C54H92O46/c55-1-10-19(64)20(65)30(75)47(85-10)94-39-12(3-57)87-49(32(77)22(39)67)96-41-14(5-59)89-51(34(79)24(41)69)98-43-16(7-61)91-53(36(81)26(43)71)100-45-18(9-63)92-54(37(82)28(45)73)99-44-17(8-62)90-52(35(80)27(44)72)97-42-15(6-60)88-50(33(78)25(42)70)95-40-13(4-58)86-48(31(76)23(40)68)93-38-11(2-56)84-46(83)29(74)21(38)66/h10-83H,1-9H2/t10-,11-,12-,13-,14-,15-,16-,17-,18-,19-,20+,21-,22-,23-,24-,25-,26-,27-,28-,29-,30-,31-,32-,33-,34-,35-,36-,37-,38-,39-,40-,41-,42-,43-,44-,45-,46?,47+,48+,49+,50+,51+,52+,53+,54+/m1/s1. The Morgan fingerprint density at radius 3 is 0.460 bits per heavy atom. The summed E-state index contributed by atoms with van der Waals surface area (Å²) >= 11 is 0. The third-order valence-electron chi connectivity index (χ3n) is 18.8. The maximum atomic E-state index is 11.5. The first kappa shape index (κ1) is 82.2. The van der Waals surface area contributed by atoms with Gasteiger partial charge in [-0.25, -0.2) is 0 Å². The van der Waals surface area contributed by atoms with E-state index in [1.54, 1.807) is 0 Å². The zero-order valence-corrected chi connectivity index (χ0v) is 52.3. The van der Waals surface area contributed by atoms with E-state index in [0.717, 1.165) is 0 Å². The summed E-state index contributed by atoms with van der Waals surface area (Å²) < 4.78 is 94.9. The number of ether oxygens (including phenoxy) is 17. The Bertz CT molecular complexity index is 2440. The number of rotatable bonds is 25. The highest BCUT2D eigenvalue weighted by Crippen LogP contribution is 2.40. The van der Waals surface area contributed by atoms with Gasteiger partial charge in [-0.2, -0.15) is 0 Å². The van der Waals surface area contributed by atoms with Crippen LogP contribution in [0.3, 0.4) is 0 Å². The van der Waals surface area contributed by atoms with E-state index in [0.29, 0.717) is 0 Å². The van der Waals surface area contributed by atoms with Crippen LogP contribution < -0.4 is 0 Å². The van der Waals surface area contributed by atoms with Gasteiger partial charge >= 0.3 is 0 Å². The Kier molecular flexibility index (Phi) is 29.2. The van der Waals surface area contributed by atoms with Crippen LogP contribution in [-0.2, 0) is 80.5 Å². The molecule has 9 saturated heterocycles. The molecule has 0 amide bonds. The zero-order valence-electron chi connectivity index (χ0n) is 52.3. The maximum absolute atomic E-state index is 11.5. The summed E-state index contributed by atoms with van der Waals surface area (Å²) in [7, 11) is 0. The maximum Gasteiger partial charge on any atom is 0.187 e. The van der Waals surface area contributed by atoms with Crippen molar-refractivity contribution < 1.29 is 229 Å². The molecule has 0 aromatic carbocycles. The van der Waals surface area contributed by atoms with Gasteiger partial charge in [-0.05, 0) is 0 Å². The fourth-order valence-electron chi connectivity index (χ4n) is 13.0. The van der Waals surface area contributed by atoms with E-state index in [9.17, 15) is 148 Å². The van der Waals surface area contributed by atoms with Gasteiger partial charge < -0.3 is 229 Å². The second kappa shape index (κ2) is 35.5. The molecule has 29 N–H and O–H groups in total. The topological polar surface area (TPSA) is 744 Å². The summed E-state index contributed by atoms with van der Waals surface area (Å²) in [5.74, 6) is 0. The molecule has 0 aliphatic carbocycles. The number of aliphatic hydroxyl groups excluding tert-OH is 29. The first-order chi connectivity index (χ1) is 47.5. The van der Waals surface area contributed by atoms with Crippen LogP contribution in [-0.4, -0.2) is 484 Å². The van der Waals surface area contributed by atoms with Crippen molar-refractivity contribution in [1.82, 2.24) is 0 Å². The molecule has 46 nitrogen and oxygen atoms in total. The molecular weight excluding hydrogens is 1380 g/mol. The van der Waals surface area contributed by atoms with Crippen molar-refractivity contribution in [2.24, 2.45) is 0 Å². The van der Waals surface area contributed by atoms with Crippen LogP contribution in [0.4, 0.5) is 0 Å². The van der Waals surface area contributed by atoms with Gasteiger partial charge in [-0.3, -0.25) is 0 Å². The summed E-state index contributed by atoms with van der Waals surface area (Å²) in [6.45, 7) is -9.29. The van der Waals surface area contributed by atoms with Gasteiger partial charge in [0, 0.05) is 0 Å². The fourth-order valence-corrected chi connectivity index (χ4v) is 13.0. The lowest BCUT2D eigenvalue weighted by Crippen LogP contribution is -2.68. The van der Waals surface area contributed by atoms with Crippen LogP contribution in [0.25, 0.3) is 0 Å². The number of hydrogen-bond acceptors (Lipinski definition) is 46. The van der Waals surface area contributed by atoms with Crippen molar-refractivity contribution in [2.75, 3.05) is 59.5 Å². The molecule has 9 aliphatic rings. The van der Waals surface area contributed by atoms with E-state index in [1.807, 2.05) is 0 Å². The summed E-state index contributed by atoms with van der Waals surface area (Å²) in [6, 6.07) is 0. The highest BCUT2D eigenvalue weighted by molar-refractivity contribution is 5.02. The Balaban J connectivity index is 0.771. The van der Waals surface area contributed by atoms with Gasteiger partial charge in [0.15, 0.2) is 56.6 Å². The Hall–Kier alpha value is -1.84. The highest BCUT2D eigenvalue weighted by Gasteiger charge is 2.60. The summed E-state index contributed by atoms with van der Waals surface area (Å²) in [6.07, 6.45) is -89.5. The minimum Gasteiger partial charge on any atom is -0.394 e. The third-order valence-corrected chi connectivity index (χ3v) is 18.8. The summed E-state index contributed by atoms with van der Waals surface area (Å²) in [5.41, 5.74) is 0. The molecule has 9 rings (SSSR count). The Morgan fingerprint density at radius 1 is 0.150 bits per heavy atom. The van der Waals surface area contributed by atoms with E-state index >= 15 is 0 Å². The highest BCUT2D eigenvalue weighted by atomic mass is 16.8. The number of hydrogen-bond donors (Lipinski definition) is 29. The van der Waals surface area contributed by atoms with E-state index in [1.165, 1.54) is 0 Å². The fraction of sp³-hybridized carbons (Fsp3) is 1.00. The van der Waals surface area contributed by atoms with Crippen LogP contribution in [0.2, 0.25) is 0 Å². The molecular formula is C54H92O46. The monoisotopic (exact) mass is 1480 g/mol. The lowest BCUT2D eigenvalue weighted by Gasteiger charge is -2.50. The van der Waals surface area contributed by atoms with Crippen molar-refractivity contribution >= 4 is 0 Å². The molecule has 0 aromatic heterocycles. The first-order valence-electron chi connectivity index (χ1n) is 31.7. The summed E-state index contributed by atoms with van der Waals surface area (Å²) in [5, 5.41) is 311. The molecule has 0 bridgehead atoms. The van der Waals surface area contributed by atoms with Crippen molar-refractivity contribution in [3.8, 4) is 0 Å². The predicted molar refractivity (Wildman–Crippen MR) is 297 cm³/mol. The van der Waals surface area contributed by atoms with Crippen molar-refractivity contribution in [2.45, 2.75) is 276 Å². The predicted octanol–water partition coefficient (Wildman–Crippen LogP) is -20.6. The van der Waals surface area contributed by atoms with Crippen LogP contribution >= 0.6 is 0 Å². The number of aliphatic hydroxyl groups is 29. The summed E-state index contributed by atoms with van der Waals surface area (Å²) in [4.78, 5) is 0. The SMILES string of the molecule is OC[C@H]1O[C@@H](O[C@H]2[C@H](O)[C@@H](O)[C@H](O[C@H]3[C@H](O)[C@@H](O)[C@H](O[C@H]4[C@H](O)[C@@H](O)[C@H](O[C@H]5[C@H](O)[C@@H](O)[C@H](O[C@H]6[C@H](O)[C@@H](O)[C@H](O[C@H]7[C@H](O)[C@@H](O)[C@H](O[C@H]8[C@H](O)[C@@H](O)[C@H](O[C@H]9[C@H](O)[C@@H](O)C(O)O[C@@H]9CO)O[C@@H]8CO)O[C@@H]7CO)O[C@@H]6CO)O[C@@H]5CO)O[C@@H]4CO)O[C@@H]3CO)O[C@@H]2CO)[C@H](O)[C@@H](O)[C@@H]1O. The molecule has 584 valence electrons. The van der Waals surface area contributed by atoms with Gasteiger partial charge in [-0.1, -0.05) is 0 Å². The molecule has 9 fully saturated rings. The average Bonchev–Trinajstić information content (AvgIpc) is 0.779. The molecule has 0 spiro atoms. The van der Waals surface area contributed by atoms with Crippen molar-refractivity contribution in [1.29, 1.82) is 0 Å². The van der Waals surface area contributed by atoms with Gasteiger partial charge in [0.1, 0.15) is 220 Å². The normalized spacial score (nSPS) is 53.7. The average molecular weight is 1480 g/mol. The third kappa shape index (κ3) is 16.7. The van der Waals surface area contributed by atoms with E-state index in [4.69, 9.17) is 80.5 Å². The lowest BCUT2D eigenvalue weighted by atomic mass is 9.95. The molecule has 0 aromatic rings. The largest absolute Gasteiger partial charge is 0.394 e. The Labute approximate surface area is 563 Å². The zero-order chi connectivity index (χ0) is 73.4. The van der Waals surface area contributed by atoms with Crippen molar-refractivity contribution in [3.63, 3.8) is 0 Å². The van der Waals surface area contributed by atoms with Gasteiger partial charge in [-0.15, -0.1) is 0 Å². The molecule has 1 unspecified atom stereocenters. The van der Waals surface area contributed by atoms with Gasteiger partial charge in [0.05, 0.1) is 59.5 Å². The van der Waals surface area contributed by atoms with E-state index in [2.05, 4.69) is 0 Å². The smallest absolute Gasteiger partial charge is 0.187 e. The second-order valence-corrected chi connectivity index (χ2v) is 25.2. The van der Waals surface area contributed by atoms with E-state index < -0.39 is 336 Å². The van der Waals surface area contributed by atoms with E-state index in [-0.39, 0.29) is 0 Å². The van der Waals surface area contributed by atoms with Crippen LogP contribution in [0.5, 0.6) is 0 Å². The quantitative estimate of drug-likeness (QED) is 0.0404. The molecule has 9 heterocycles. The van der Waals surface area contributed by atoms with Crippen LogP contribution in [0, 0.1) is 0 Å². The van der Waals surface area contributed by atoms with Crippen molar-refractivity contribution in [3.05, 3.63) is 0 Å². The minimum absolute atomic E-state index is 0.862. The molecule has 0 radical (unpaired) electrons. The molecule has 45 atom stereocenters. The van der Waals surface area contributed by atoms with Crippen LogP contribution in [0.1, 0.15) is 0 Å². The van der Waals surface area contributed by atoms with Gasteiger partial charge in [0.2, 0.25) is 0 Å². The van der Waals surface area contributed by atoms with Gasteiger partial charge in [0.25, 0.3) is 0 Å². The molecule has 46 heteroatoms. The first-order valence-corrected chi connectivity index (χ1v) is 31.7. The lowest BCUT2D eigenvalue weighted by molar-refractivity contribution is -0.400. The second-order valence-electron chi connectivity index (χ2n) is 25.2. The van der Waals surface area contributed by atoms with Crippen LogP contribution in [0.15, 0.2) is 0 Å². The minimum atomic E-state index is -2.30. The Morgan fingerprint density at radius 2 is 0.290 bits per heavy atom. The molecule has 9 aliphatic heterocycles.